The predicted molar refractivity (Wildman–Crippen MR) is 42.6 cm³/mol. The summed E-state index contributed by atoms with van der Waals surface area (Å²) in [6.07, 6.45) is -12.3. The molecule has 1 unspecified atom stereocenters. The summed E-state index contributed by atoms with van der Waals surface area (Å²) in [6, 6.07) is 0. The Balaban J connectivity index is 5.20. The summed E-state index contributed by atoms with van der Waals surface area (Å²) in [7, 11) is 0. The van der Waals surface area contributed by atoms with E-state index < -0.39 is 30.0 Å². The van der Waals surface area contributed by atoms with Gasteiger partial charge in [-0.15, -0.1) is 0 Å². The van der Waals surface area contributed by atoms with Gasteiger partial charge in [-0.05, 0) is 6.42 Å². The monoisotopic (exact) mass is 268 g/mol. The third-order valence-corrected chi connectivity index (χ3v) is 2.03. The summed E-state index contributed by atoms with van der Waals surface area (Å²) in [4.78, 5) is 10.9. The Bertz CT molecular complexity index is 268. The summed E-state index contributed by atoms with van der Waals surface area (Å²) in [5, 5.41) is 8.51. The van der Waals surface area contributed by atoms with Crippen LogP contribution in [0.3, 0.4) is 0 Å². The number of aliphatic hydroxyl groups is 1. The van der Waals surface area contributed by atoms with Gasteiger partial charge in [0.15, 0.2) is 0 Å². The number of hydrogen-bond donors (Lipinski definition) is 1. The molecule has 0 aromatic carbocycles. The maximum Gasteiger partial charge on any atom is 0.465 e. The van der Waals surface area contributed by atoms with Crippen molar-refractivity contribution in [2.75, 3.05) is 0 Å². The minimum absolute atomic E-state index is 0.0232. The summed E-state index contributed by atoms with van der Waals surface area (Å²) >= 11 is 0. The van der Waals surface area contributed by atoms with Crippen molar-refractivity contribution < 1.29 is 41.0 Å². The minimum Gasteiger partial charge on any atom is -0.416 e. The first kappa shape index (κ1) is 16.0. The Morgan fingerprint density at radius 3 is 1.76 bits per heavy atom. The fourth-order valence-corrected chi connectivity index (χ4v) is 0.689. The number of hydrogen-bond acceptors (Lipinski definition) is 3. The van der Waals surface area contributed by atoms with Crippen molar-refractivity contribution in [3.05, 3.63) is 0 Å². The zero-order valence-corrected chi connectivity index (χ0v) is 8.82. The molecular weight excluding hydrogens is 258 g/mol. The molecule has 0 bridgehead atoms. The number of carbonyl (C=O) groups is 1. The Kier molecular flexibility index (Phi) is 4.44. The van der Waals surface area contributed by atoms with Gasteiger partial charge < -0.3 is 9.84 Å². The summed E-state index contributed by atoms with van der Waals surface area (Å²) in [5.41, 5.74) is 0. The van der Waals surface area contributed by atoms with Crippen molar-refractivity contribution in [2.45, 2.75) is 38.4 Å². The molecule has 0 saturated heterocycles. The highest BCUT2D eigenvalue weighted by Crippen LogP contribution is 2.44. The average Bonchev–Trinajstić information content (AvgIpc) is 2.12. The fourth-order valence-electron chi connectivity index (χ4n) is 0.689. The molecule has 102 valence electrons. The van der Waals surface area contributed by atoms with E-state index in [0.717, 1.165) is 6.92 Å². The maximum absolute atomic E-state index is 12.1. The van der Waals surface area contributed by atoms with Crippen LogP contribution in [-0.2, 0) is 9.53 Å². The molecular formula is C8H10F6O3. The van der Waals surface area contributed by atoms with Gasteiger partial charge in [-0.25, -0.2) is 0 Å². The van der Waals surface area contributed by atoms with Crippen LogP contribution in [0.2, 0.25) is 0 Å². The van der Waals surface area contributed by atoms with Gasteiger partial charge in [0.25, 0.3) is 0 Å². The molecule has 3 nitrogen and oxygen atoms in total. The molecule has 0 saturated carbocycles. The van der Waals surface area contributed by atoms with Gasteiger partial charge in [-0.2, -0.15) is 26.3 Å². The van der Waals surface area contributed by atoms with Crippen molar-refractivity contribution in [3.8, 4) is 0 Å². The first-order chi connectivity index (χ1) is 7.37. The first-order valence-corrected chi connectivity index (χ1v) is 4.45. The van der Waals surface area contributed by atoms with Crippen LogP contribution in [0.4, 0.5) is 26.3 Å². The summed E-state index contributed by atoms with van der Waals surface area (Å²) in [6.45, 7) is 2.45. The molecule has 0 amide bonds. The second-order valence-electron chi connectivity index (χ2n) is 3.37. The Morgan fingerprint density at radius 2 is 1.53 bits per heavy atom. The highest BCUT2D eigenvalue weighted by Gasteiger charge is 2.74. The minimum atomic E-state index is -6.16. The zero-order chi connectivity index (χ0) is 14.1. The molecule has 0 rings (SSSR count). The number of rotatable bonds is 3. The zero-order valence-electron chi connectivity index (χ0n) is 8.82. The van der Waals surface area contributed by atoms with Crippen LogP contribution in [-0.4, -0.2) is 29.2 Å². The van der Waals surface area contributed by atoms with Crippen LogP contribution in [0.5, 0.6) is 0 Å². The van der Waals surface area contributed by atoms with E-state index in [1.807, 2.05) is 0 Å². The molecule has 0 spiro atoms. The molecule has 0 aliphatic carbocycles. The molecule has 0 aromatic rings. The lowest BCUT2D eigenvalue weighted by atomic mass is 10.1. The predicted octanol–water partition coefficient (Wildman–Crippen LogP) is 2.39. The number of ether oxygens (including phenoxy) is 1. The highest BCUT2D eigenvalue weighted by molar-refractivity contribution is 5.72. The van der Waals surface area contributed by atoms with Crippen molar-refractivity contribution in [1.82, 2.24) is 0 Å². The molecule has 1 N–H and O–H groups in total. The third-order valence-electron chi connectivity index (χ3n) is 2.03. The lowest BCUT2D eigenvalue weighted by Crippen LogP contribution is -2.60. The molecule has 0 aromatic heterocycles. The smallest absolute Gasteiger partial charge is 0.416 e. The van der Waals surface area contributed by atoms with Crippen LogP contribution in [0, 0.1) is 5.92 Å². The van der Waals surface area contributed by atoms with Gasteiger partial charge in [-0.3, -0.25) is 4.79 Å². The molecule has 9 heteroatoms. The van der Waals surface area contributed by atoms with Crippen molar-refractivity contribution in [3.63, 3.8) is 0 Å². The van der Waals surface area contributed by atoms with Gasteiger partial charge in [0.2, 0.25) is 0 Å². The van der Waals surface area contributed by atoms with Gasteiger partial charge >= 0.3 is 24.1 Å². The second kappa shape index (κ2) is 4.71. The van der Waals surface area contributed by atoms with E-state index in [4.69, 9.17) is 5.11 Å². The summed E-state index contributed by atoms with van der Waals surface area (Å²) < 4.78 is 75.7. The van der Waals surface area contributed by atoms with E-state index in [-0.39, 0.29) is 6.42 Å². The number of esters is 1. The number of halogens is 6. The molecule has 1 atom stereocenters. The second-order valence-corrected chi connectivity index (χ2v) is 3.37. The molecule has 17 heavy (non-hydrogen) atoms. The Morgan fingerprint density at radius 1 is 1.18 bits per heavy atom. The van der Waals surface area contributed by atoms with Crippen molar-refractivity contribution >= 4 is 5.97 Å². The average molecular weight is 268 g/mol. The largest absolute Gasteiger partial charge is 0.465 e. The molecule has 0 aliphatic rings. The van der Waals surface area contributed by atoms with Gasteiger partial charge in [0.05, 0.1) is 5.92 Å². The van der Waals surface area contributed by atoms with E-state index in [0.29, 0.717) is 0 Å². The topological polar surface area (TPSA) is 46.5 Å². The van der Waals surface area contributed by atoms with E-state index in [2.05, 4.69) is 4.74 Å². The molecule has 0 heterocycles. The maximum atomic E-state index is 12.1. The van der Waals surface area contributed by atoms with Crippen LogP contribution < -0.4 is 0 Å². The Hall–Kier alpha value is -0.990. The fraction of sp³-hybridized carbons (Fsp3) is 0.875. The highest BCUT2D eigenvalue weighted by atomic mass is 19.4. The van der Waals surface area contributed by atoms with E-state index in [9.17, 15) is 31.1 Å². The molecule has 0 fully saturated rings. The van der Waals surface area contributed by atoms with Crippen molar-refractivity contribution in [1.29, 1.82) is 0 Å². The van der Waals surface area contributed by atoms with Crippen LogP contribution in [0.25, 0.3) is 0 Å². The SMILES string of the molecule is CCC(C)C(=O)OC(O)(C(F)(F)F)C(F)(F)F. The van der Waals surface area contributed by atoms with Gasteiger partial charge in [0.1, 0.15) is 0 Å². The van der Waals surface area contributed by atoms with Gasteiger partial charge in [0, 0.05) is 0 Å². The standard InChI is InChI=1S/C8H10F6O3/c1-3-4(2)5(15)17-6(16,7(9,10)11)8(12,13)14/h4,16H,3H2,1-2H3. The quantitative estimate of drug-likeness (QED) is 0.485. The number of alkyl halides is 6. The first-order valence-electron chi connectivity index (χ1n) is 4.45. The number of carbonyl (C=O) groups excluding carboxylic acids is 1. The van der Waals surface area contributed by atoms with Crippen LogP contribution in [0.1, 0.15) is 20.3 Å². The lowest BCUT2D eigenvalue weighted by Gasteiger charge is -2.31. The van der Waals surface area contributed by atoms with Crippen LogP contribution in [0.15, 0.2) is 0 Å². The molecule has 0 aliphatic heterocycles. The van der Waals surface area contributed by atoms with E-state index >= 15 is 0 Å². The molecule has 0 radical (unpaired) electrons. The van der Waals surface area contributed by atoms with Crippen molar-refractivity contribution in [2.24, 2.45) is 5.92 Å². The van der Waals surface area contributed by atoms with Gasteiger partial charge in [-0.1, -0.05) is 13.8 Å². The third kappa shape index (κ3) is 3.24. The van der Waals surface area contributed by atoms with Crippen LogP contribution >= 0.6 is 0 Å². The lowest BCUT2D eigenvalue weighted by molar-refractivity contribution is -0.445. The summed E-state index contributed by atoms with van der Waals surface area (Å²) in [5.74, 6) is -8.43. The Labute approximate surface area is 92.4 Å². The van der Waals surface area contributed by atoms with E-state index in [1.165, 1.54) is 6.92 Å². The normalized spacial score (nSPS) is 15.6. The van der Waals surface area contributed by atoms with E-state index in [1.54, 1.807) is 0 Å².